The summed E-state index contributed by atoms with van der Waals surface area (Å²) in [5, 5.41) is 3.22. The molecule has 1 heterocycles. The molecule has 19 heavy (non-hydrogen) atoms. The van der Waals surface area contributed by atoms with Crippen molar-refractivity contribution >= 4 is 11.6 Å². The molecule has 2 atom stereocenters. The zero-order chi connectivity index (χ0) is 13.8. The zero-order valence-electron chi connectivity index (χ0n) is 11.8. The maximum absolute atomic E-state index is 12.4. The van der Waals surface area contributed by atoms with E-state index in [4.69, 9.17) is 4.74 Å². The quantitative estimate of drug-likeness (QED) is 0.909. The number of benzene rings is 1. The molecule has 0 bridgehead atoms. The molecule has 1 aliphatic rings. The van der Waals surface area contributed by atoms with Gasteiger partial charge in [0.1, 0.15) is 0 Å². The first kappa shape index (κ1) is 13.9. The number of ether oxygens (including phenoxy) is 1. The second kappa shape index (κ2) is 6.06. The highest BCUT2D eigenvalue weighted by atomic mass is 16.5. The molecule has 1 saturated heterocycles. The van der Waals surface area contributed by atoms with Crippen LogP contribution < -0.4 is 5.32 Å². The van der Waals surface area contributed by atoms with E-state index in [0.29, 0.717) is 13.1 Å². The van der Waals surface area contributed by atoms with Crippen molar-refractivity contribution in [2.45, 2.75) is 33.0 Å². The number of morpholine rings is 1. The Labute approximate surface area is 114 Å². The van der Waals surface area contributed by atoms with Crippen molar-refractivity contribution in [3.8, 4) is 0 Å². The fourth-order valence-corrected chi connectivity index (χ4v) is 2.46. The van der Waals surface area contributed by atoms with Crippen LogP contribution in [0.25, 0.3) is 0 Å². The number of nitrogens with zero attached hydrogens (tertiary/aromatic N) is 1. The highest BCUT2D eigenvalue weighted by Crippen LogP contribution is 2.16. The monoisotopic (exact) mass is 262 g/mol. The van der Waals surface area contributed by atoms with E-state index in [2.05, 4.69) is 12.2 Å². The van der Waals surface area contributed by atoms with Gasteiger partial charge in [-0.05, 0) is 45.0 Å². The van der Waals surface area contributed by atoms with E-state index in [-0.39, 0.29) is 18.1 Å². The summed E-state index contributed by atoms with van der Waals surface area (Å²) in [5.74, 6) is 0.0880. The molecule has 2 rings (SSSR count). The van der Waals surface area contributed by atoms with Gasteiger partial charge in [0.2, 0.25) is 0 Å². The van der Waals surface area contributed by atoms with Crippen molar-refractivity contribution in [1.82, 2.24) is 4.90 Å². The van der Waals surface area contributed by atoms with Gasteiger partial charge in [-0.1, -0.05) is 0 Å². The third kappa shape index (κ3) is 3.47. The van der Waals surface area contributed by atoms with Gasteiger partial charge in [-0.2, -0.15) is 0 Å². The van der Waals surface area contributed by atoms with Crippen LogP contribution in [0.1, 0.15) is 31.1 Å². The summed E-state index contributed by atoms with van der Waals surface area (Å²) in [6.45, 7) is 8.27. The number of anilines is 1. The Kier molecular flexibility index (Phi) is 4.43. The smallest absolute Gasteiger partial charge is 0.254 e. The lowest BCUT2D eigenvalue weighted by atomic mass is 10.1. The van der Waals surface area contributed by atoms with Crippen molar-refractivity contribution in [1.29, 1.82) is 0 Å². The van der Waals surface area contributed by atoms with Crippen LogP contribution in [0.3, 0.4) is 0 Å². The molecule has 0 spiro atoms. The Morgan fingerprint density at radius 1 is 1.26 bits per heavy atom. The number of rotatable bonds is 3. The van der Waals surface area contributed by atoms with Gasteiger partial charge in [0.15, 0.2) is 0 Å². The van der Waals surface area contributed by atoms with Crippen LogP contribution in [0.4, 0.5) is 5.69 Å². The highest BCUT2D eigenvalue weighted by molar-refractivity contribution is 5.94. The molecule has 4 nitrogen and oxygen atoms in total. The molecule has 0 unspecified atom stereocenters. The Balaban J connectivity index is 2.06. The first-order valence-electron chi connectivity index (χ1n) is 6.88. The van der Waals surface area contributed by atoms with Crippen LogP contribution in [0.5, 0.6) is 0 Å². The van der Waals surface area contributed by atoms with Gasteiger partial charge in [-0.25, -0.2) is 0 Å². The molecule has 0 saturated carbocycles. The maximum Gasteiger partial charge on any atom is 0.254 e. The SMILES string of the molecule is CCNc1ccc(C(=O)N2C[C@@H](C)O[C@@H](C)C2)cc1. The minimum absolute atomic E-state index is 0.0880. The minimum Gasteiger partial charge on any atom is -0.385 e. The Morgan fingerprint density at radius 3 is 2.37 bits per heavy atom. The summed E-state index contributed by atoms with van der Waals surface area (Å²) in [6, 6.07) is 7.66. The fraction of sp³-hybridized carbons (Fsp3) is 0.533. The lowest BCUT2D eigenvalue weighted by molar-refractivity contribution is -0.0586. The van der Waals surface area contributed by atoms with E-state index >= 15 is 0 Å². The van der Waals surface area contributed by atoms with E-state index in [9.17, 15) is 4.79 Å². The highest BCUT2D eigenvalue weighted by Gasteiger charge is 2.26. The normalized spacial score (nSPS) is 23.2. The van der Waals surface area contributed by atoms with Gasteiger partial charge < -0.3 is 15.0 Å². The molecule has 4 heteroatoms. The molecule has 104 valence electrons. The van der Waals surface area contributed by atoms with Gasteiger partial charge in [-0.15, -0.1) is 0 Å². The molecule has 0 aromatic heterocycles. The number of hydrogen-bond donors (Lipinski definition) is 1. The van der Waals surface area contributed by atoms with Crippen LogP contribution in [-0.4, -0.2) is 42.6 Å². The van der Waals surface area contributed by atoms with Gasteiger partial charge in [-0.3, -0.25) is 4.79 Å². The van der Waals surface area contributed by atoms with Crippen molar-refractivity contribution in [2.24, 2.45) is 0 Å². The molecule has 1 aromatic carbocycles. The average molecular weight is 262 g/mol. The molecular weight excluding hydrogens is 240 g/mol. The number of carbonyl (C=O) groups excluding carboxylic acids is 1. The Hall–Kier alpha value is -1.55. The van der Waals surface area contributed by atoms with Crippen LogP contribution in [0.2, 0.25) is 0 Å². The summed E-state index contributed by atoms with van der Waals surface area (Å²) in [7, 11) is 0. The van der Waals surface area contributed by atoms with Gasteiger partial charge in [0.25, 0.3) is 5.91 Å². The van der Waals surface area contributed by atoms with E-state index in [1.54, 1.807) is 0 Å². The average Bonchev–Trinajstić information content (AvgIpc) is 2.38. The van der Waals surface area contributed by atoms with E-state index in [1.165, 1.54) is 0 Å². The summed E-state index contributed by atoms with van der Waals surface area (Å²) in [5.41, 5.74) is 1.78. The largest absolute Gasteiger partial charge is 0.385 e. The molecule has 1 aliphatic heterocycles. The molecule has 0 aliphatic carbocycles. The third-order valence-electron chi connectivity index (χ3n) is 3.22. The molecule has 1 fully saturated rings. The zero-order valence-corrected chi connectivity index (χ0v) is 11.8. The van der Waals surface area contributed by atoms with Crippen molar-refractivity contribution < 1.29 is 9.53 Å². The predicted molar refractivity (Wildman–Crippen MR) is 76.5 cm³/mol. The number of nitrogens with one attached hydrogen (secondary N) is 1. The number of amides is 1. The molecular formula is C15H22N2O2. The van der Waals surface area contributed by atoms with Crippen molar-refractivity contribution in [3.05, 3.63) is 29.8 Å². The summed E-state index contributed by atoms with van der Waals surface area (Å²) >= 11 is 0. The second-order valence-electron chi connectivity index (χ2n) is 5.08. The fourth-order valence-electron chi connectivity index (χ4n) is 2.46. The first-order valence-corrected chi connectivity index (χ1v) is 6.88. The maximum atomic E-state index is 12.4. The number of hydrogen-bond acceptors (Lipinski definition) is 3. The molecule has 0 radical (unpaired) electrons. The van der Waals surface area contributed by atoms with Crippen LogP contribution >= 0.6 is 0 Å². The predicted octanol–water partition coefficient (Wildman–Crippen LogP) is 2.37. The summed E-state index contributed by atoms with van der Waals surface area (Å²) in [6.07, 6.45) is 0.211. The molecule has 1 aromatic rings. The van der Waals surface area contributed by atoms with Crippen LogP contribution in [0, 0.1) is 0 Å². The van der Waals surface area contributed by atoms with Crippen LogP contribution in [-0.2, 0) is 4.74 Å². The van der Waals surface area contributed by atoms with Gasteiger partial charge in [0.05, 0.1) is 12.2 Å². The number of carbonyl (C=O) groups is 1. The first-order chi connectivity index (χ1) is 9.10. The van der Waals surface area contributed by atoms with Crippen LogP contribution in [0.15, 0.2) is 24.3 Å². The Morgan fingerprint density at radius 2 is 1.84 bits per heavy atom. The molecule has 1 N–H and O–H groups in total. The van der Waals surface area contributed by atoms with Crippen molar-refractivity contribution in [3.63, 3.8) is 0 Å². The van der Waals surface area contributed by atoms with E-state index < -0.39 is 0 Å². The van der Waals surface area contributed by atoms with E-state index in [1.807, 2.05) is 43.0 Å². The minimum atomic E-state index is 0.0880. The standard InChI is InChI=1S/C15H22N2O2/c1-4-16-14-7-5-13(6-8-14)15(18)17-9-11(2)19-12(3)10-17/h5-8,11-12,16H,4,9-10H2,1-3H3/t11-,12+. The lowest BCUT2D eigenvalue weighted by Gasteiger charge is -2.35. The second-order valence-corrected chi connectivity index (χ2v) is 5.08. The lowest BCUT2D eigenvalue weighted by Crippen LogP contribution is -2.48. The van der Waals surface area contributed by atoms with Crippen molar-refractivity contribution in [2.75, 3.05) is 25.0 Å². The molecule has 1 amide bonds. The van der Waals surface area contributed by atoms with E-state index in [0.717, 1.165) is 17.8 Å². The summed E-state index contributed by atoms with van der Waals surface area (Å²) in [4.78, 5) is 14.3. The van der Waals surface area contributed by atoms with Gasteiger partial charge in [0, 0.05) is 30.9 Å². The van der Waals surface area contributed by atoms with Gasteiger partial charge >= 0.3 is 0 Å². The topological polar surface area (TPSA) is 41.6 Å². The Bertz CT molecular complexity index is 420. The summed E-state index contributed by atoms with van der Waals surface area (Å²) < 4.78 is 5.65. The third-order valence-corrected chi connectivity index (χ3v) is 3.22.